The molecule has 136 valence electrons. The van der Waals surface area contributed by atoms with Gasteiger partial charge in [0.25, 0.3) is 5.91 Å². The van der Waals surface area contributed by atoms with Crippen LogP contribution in [0.3, 0.4) is 0 Å². The average Bonchev–Trinajstić information content (AvgIpc) is 3.45. The highest BCUT2D eigenvalue weighted by molar-refractivity contribution is 5.94. The molecule has 1 spiro atoms. The Balaban J connectivity index is 1.32. The molecule has 4 rings (SSSR count). The van der Waals surface area contributed by atoms with Gasteiger partial charge in [0.15, 0.2) is 0 Å². The topological polar surface area (TPSA) is 51.7 Å². The van der Waals surface area contributed by atoms with Gasteiger partial charge in [0.05, 0.1) is 17.3 Å². The Morgan fingerprint density at radius 1 is 1.32 bits per heavy atom. The molecule has 1 atom stereocenters. The molecule has 1 amide bonds. The van der Waals surface area contributed by atoms with Crippen molar-refractivity contribution in [3.05, 3.63) is 29.6 Å². The van der Waals surface area contributed by atoms with Crippen molar-refractivity contribution >= 4 is 5.91 Å². The molecule has 5 heteroatoms. The number of nitrogens with zero attached hydrogens (tertiary/aromatic N) is 2. The van der Waals surface area contributed by atoms with E-state index in [4.69, 9.17) is 9.47 Å². The van der Waals surface area contributed by atoms with Crippen LogP contribution in [-0.4, -0.2) is 53.8 Å². The summed E-state index contributed by atoms with van der Waals surface area (Å²) in [5.74, 6) is 0.890. The van der Waals surface area contributed by atoms with E-state index in [2.05, 4.69) is 4.98 Å². The number of piperidine rings is 1. The van der Waals surface area contributed by atoms with E-state index in [0.29, 0.717) is 11.7 Å². The molecule has 1 unspecified atom stereocenters. The lowest BCUT2D eigenvalue weighted by Gasteiger charge is -2.46. The second-order valence-electron chi connectivity index (χ2n) is 7.90. The van der Waals surface area contributed by atoms with E-state index in [1.165, 1.54) is 12.8 Å². The Kier molecular flexibility index (Phi) is 4.78. The molecule has 2 saturated heterocycles. The molecule has 3 aliphatic rings. The SMILES string of the molecule is Cc1ccc(C(=O)N2CCC3(CC2)CC(OCC2CC2)CCO3)cn1. The van der Waals surface area contributed by atoms with Crippen molar-refractivity contribution in [2.24, 2.45) is 5.92 Å². The van der Waals surface area contributed by atoms with E-state index in [1.807, 2.05) is 24.0 Å². The highest BCUT2D eigenvalue weighted by Gasteiger charge is 2.42. The maximum atomic E-state index is 12.7. The summed E-state index contributed by atoms with van der Waals surface area (Å²) >= 11 is 0. The summed E-state index contributed by atoms with van der Waals surface area (Å²) in [6.45, 7) is 5.14. The van der Waals surface area contributed by atoms with Gasteiger partial charge in [-0.25, -0.2) is 0 Å². The van der Waals surface area contributed by atoms with E-state index in [9.17, 15) is 4.79 Å². The second-order valence-corrected chi connectivity index (χ2v) is 7.90. The quantitative estimate of drug-likeness (QED) is 0.843. The highest BCUT2D eigenvalue weighted by Crippen LogP contribution is 2.37. The van der Waals surface area contributed by atoms with Gasteiger partial charge in [-0.15, -0.1) is 0 Å². The smallest absolute Gasteiger partial charge is 0.255 e. The molecule has 0 bridgehead atoms. The summed E-state index contributed by atoms with van der Waals surface area (Å²) in [6, 6.07) is 3.76. The zero-order chi connectivity index (χ0) is 17.3. The van der Waals surface area contributed by atoms with Crippen LogP contribution in [0.25, 0.3) is 0 Å². The van der Waals surface area contributed by atoms with Crippen molar-refractivity contribution in [3.8, 4) is 0 Å². The molecule has 25 heavy (non-hydrogen) atoms. The summed E-state index contributed by atoms with van der Waals surface area (Å²) in [5.41, 5.74) is 1.52. The Labute approximate surface area is 149 Å². The Bertz CT molecular complexity index is 604. The molecular formula is C20H28N2O3. The van der Waals surface area contributed by atoms with Gasteiger partial charge < -0.3 is 14.4 Å². The molecule has 5 nitrogen and oxygen atoms in total. The zero-order valence-corrected chi connectivity index (χ0v) is 15.1. The van der Waals surface area contributed by atoms with Crippen LogP contribution in [0, 0.1) is 12.8 Å². The highest BCUT2D eigenvalue weighted by atomic mass is 16.5. The number of hydrogen-bond donors (Lipinski definition) is 0. The first-order valence-corrected chi connectivity index (χ1v) is 9.61. The number of hydrogen-bond acceptors (Lipinski definition) is 4. The van der Waals surface area contributed by atoms with Crippen LogP contribution in [0.2, 0.25) is 0 Å². The van der Waals surface area contributed by atoms with Crippen molar-refractivity contribution in [1.82, 2.24) is 9.88 Å². The minimum absolute atomic E-state index is 0.0830. The molecule has 1 saturated carbocycles. The van der Waals surface area contributed by atoms with Crippen LogP contribution >= 0.6 is 0 Å². The van der Waals surface area contributed by atoms with E-state index in [0.717, 1.165) is 63.6 Å². The third kappa shape index (κ3) is 4.04. The minimum Gasteiger partial charge on any atom is -0.378 e. The predicted octanol–water partition coefficient (Wildman–Crippen LogP) is 2.97. The fraction of sp³-hybridized carbons (Fsp3) is 0.700. The lowest BCUT2D eigenvalue weighted by molar-refractivity contribution is -0.153. The first-order valence-electron chi connectivity index (χ1n) is 9.61. The second kappa shape index (κ2) is 7.04. The number of carbonyl (C=O) groups is 1. The lowest BCUT2D eigenvalue weighted by Crippen LogP contribution is -2.52. The first-order chi connectivity index (χ1) is 12.1. The number of rotatable bonds is 4. The number of aryl methyl sites for hydroxylation is 1. The Hall–Kier alpha value is -1.46. The van der Waals surface area contributed by atoms with Crippen LogP contribution < -0.4 is 0 Å². The monoisotopic (exact) mass is 344 g/mol. The number of amides is 1. The molecule has 1 aromatic rings. The molecule has 0 N–H and O–H groups in total. The zero-order valence-electron chi connectivity index (χ0n) is 15.1. The van der Waals surface area contributed by atoms with Gasteiger partial charge in [0.1, 0.15) is 0 Å². The lowest BCUT2D eigenvalue weighted by atomic mass is 9.83. The van der Waals surface area contributed by atoms with Gasteiger partial charge >= 0.3 is 0 Å². The minimum atomic E-state index is -0.0885. The maximum Gasteiger partial charge on any atom is 0.255 e. The van der Waals surface area contributed by atoms with E-state index >= 15 is 0 Å². The molecule has 0 aromatic carbocycles. The van der Waals surface area contributed by atoms with Crippen molar-refractivity contribution in [3.63, 3.8) is 0 Å². The molecule has 0 radical (unpaired) electrons. The molecule has 3 fully saturated rings. The van der Waals surface area contributed by atoms with Gasteiger partial charge in [-0.2, -0.15) is 0 Å². The van der Waals surface area contributed by atoms with Crippen LogP contribution in [0.15, 0.2) is 18.3 Å². The summed E-state index contributed by atoms with van der Waals surface area (Å²) in [4.78, 5) is 18.8. The van der Waals surface area contributed by atoms with Crippen molar-refractivity contribution in [2.45, 2.75) is 57.2 Å². The molecule has 1 aromatic heterocycles. The van der Waals surface area contributed by atoms with Gasteiger partial charge in [0.2, 0.25) is 0 Å². The third-order valence-electron chi connectivity index (χ3n) is 5.83. The average molecular weight is 344 g/mol. The summed E-state index contributed by atoms with van der Waals surface area (Å²) in [6.07, 6.45) is 8.47. The number of carbonyl (C=O) groups excluding carboxylic acids is 1. The van der Waals surface area contributed by atoms with Crippen LogP contribution in [0.1, 0.15) is 54.6 Å². The van der Waals surface area contributed by atoms with E-state index in [1.54, 1.807) is 6.20 Å². The normalized spacial score (nSPS) is 26.0. The number of pyridine rings is 1. The third-order valence-corrected chi connectivity index (χ3v) is 5.83. The Morgan fingerprint density at radius 3 is 2.80 bits per heavy atom. The number of likely N-dealkylation sites (tertiary alicyclic amines) is 1. The van der Waals surface area contributed by atoms with E-state index < -0.39 is 0 Å². The molecular weight excluding hydrogens is 316 g/mol. The molecule has 1 aliphatic carbocycles. The standard InChI is InChI=1S/C20H28N2O3/c1-15-2-5-17(13-21-15)19(23)22-9-7-20(8-10-22)12-18(6-11-25-20)24-14-16-3-4-16/h2,5,13,16,18H,3-4,6-12,14H2,1H3. The van der Waals surface area contributed by atoms with Crippen LogP contribution in [0.5, 0.6) is 0 Å². The predicted molar refractivity (Wildman–Crippen MR) is 94.5 cm³/mol. The fourth-order valence-corrected chi connectivity index (χ4v) is 3.92. The van der Waals surface area contributed by atoms with E-state index in [-0.39, 0.29) is 11.5 Å². The number of aromatic nitrogens is 1. The molecule has 3 heterocycles. The Morgan fingerprint density at radius 2 is 2.12 bits per heavy atom. The van der Waals surface area contributed by atoms with Crippen molar-refractivity contribution < 1.29 is 14.3 Å². The summed E-state index contributed by atoms with van der Waals surface area (Å²) in [7, 11) is 0. The maximum absolute atomic E-state index is 12.7. The van der Waals surface area contributed by atoms with Gasteiger partial charge in [-0.05, 0) is 57.1 Å². The first kappa shape index (κ1) is 17.0. The molecule has 2 aliphatic heterocycles. The summed E-state index contributed by atoms with van der Waals surface area (Å²) in [5, 5.41) is 0. The fourth-order valence-electron chi connectivity index (χ4n) is 3.92. The largest absolute Gasteiger partial charge is 0.378 e. The van der Waals surface area contributed by atoms with Crippen molar-refractivity contribution in [2.75, 3.05) is 26.3 Å². The number of ether oxygens (including phenoxy) is 2. The van der Waals surface area contributed by atoms with Crippen LogP contribution in [0.4, 0.5) is 0 Å². The van der Waals surface area contributed by atoms with Crippen molar-refractivity contribution in [1.29, 1.82) is 0 Å². The van der Waals surface area contributed by atoms with Gasteiger partial charge in [-0.1, -0.05) is 0 Å². The van der Waals surface area contributed by atoms with Crippen LogP contribution in [-0.2, 0) is 9.47 Å². The van der Waals surface area contributed by atoms with Gasteiger partial charge in [-0.3, -0.25) is 9.78 Å². The van der Waals surface area contributed by atoms with Gasteiger partial charge in [0, 0.05) is 44.6 Å². The summed E-state index contributed by atoms with van der Waals surface area (Å²) < 4.78 is 12.3.